The van der Waals surface area contributed by atoms with Crippen molar-refractivity contribution in [3.05, 3.63) is 29.8 Å². The second-order valence-electron chi connectivity index (χ2n) is 6.03. The van der Waals surface area contributed by atoms with E-state index < -0.39 is 0 Å². The molecule has 3 nitrogen and oxygen atoms in total. The minimum atomic E-state index is 0.0419. The van der Waals surface area contributed by atoms with Gasteiger partial charge in [0.05, 0.1) is 17.3 Å². The predicted octanol–water partition coefficient (Wildman–Crippen LogP) is 3.76. The van der Waals surface area contributed by atoms with Gasteiger partial charge < -0.3 is 9.47 Å². The van der Waals surface area contributed by atoms with Gasteiger partial charge in [-0.1, -0.05) is 25.0 Å². The highest BCUT2D eigenvalue weighted by Crippen LogP contribution is 2.43. The molecule has 0 amide bonds. The van der Waals surface area contributed by atoms with Crippen molar-refractivity contribution in [3.63, 3.8) is 0 Å². The van der Waals surface area contributed by atoms with E-state index in [0.717, 1.165) is 12.8 Å². The third-order valence-electron chi connectivity index (χ3n) is 4.54. The van der Waals surface area contributed by atoms with Crippen molar-refractivity contribution in [2.75, 3.05) is 6.61 Å². The van der Waals surface area contributed by atoms with Gasteiger partial charge in [-0.05, 0) is 44.7 Å². The van der Waals surface area contributed by atoms with Crippen LogP contribution in [0.25, 0.3) is 0 Å². The lowest BCUT2D eigenvalue weighted by Gasteiger charge is -2.24. The van der Waals surface area contributed by atoms with Gasteiger partial charge in [0.1, 0.15) is 12.4 Å². The molecule has 1 aromatic rings. The number of ether oxygens (including phenoxy) is 2. The van der Waals surface area contributed by atoms with Crippen molar-refractivity contribution < 1.29 is 14.3 Å². The highest BCUT2D eigenvalue weighted by atomic mass is 16.6. The second kappa shape index (κ2) is 5.57. The largest absolute Gasteiger partial charge is 0.490 e. The van der Waals surface area contributed by atoms with Crippen LogP contribution in [0.2, 0.25) is 0 Å². The van der Waals surface area contributed by atoms with Crippen molar-refractivity contribution in [3.8, 4) is 5.75 Å². The van der Waals surface area contributed by atoms with Crippen LogP contribution < -0.4 is 4.74 Å². The number of ketones is 1. The first-order chi connectivity index (χ1) is 9.69. The molecule has 3 heteroatoms. The van der Waals surface area contributed by atoms with Gasteiger partial charge in [0.25, 0.3) is 0 Å². The quantitative estimate of drug-likeness (QED) is 0.784. The van der Waals surface area contributed by atoms with Crippen LogP contribution in [0.1, 0.15) is 55.8 Å². The van der Waals surface area contributed by atoms with E-state index in [9.17, 15) is 4.79 Å². The highest BCUT2D eigenvalue weighted by Gasteiger charge is 2.42. The summed E-state index contributed by atoms with van der Waals surface area (Å²) in [6.07, 6.45) is 7.40. The van der Waals surface area contributed by atoms with Crippen LogP contribution in [-0.2, 0) is 4.74 Å². The average Bonchev–Trinajstić information content (AvgIpc) is 3.07. The third kappa shape index (κ3) is 2.73. The number of carbonyl (C=O) groups excluding carboxylic acids is 1. The number of rotatable bonds is 4. The van der Waals surface area contributed by atoms with Gasteiger partial charge in [0, 0.05) is 0 Å². The van der Waals surface area contributed by atoms with E-state index in [1.807, 2.05) is 24.3 Å². The number of Topliss-reactive ketones (excluding diaryl/α,β-unsaturated/α-hetero) is 1. The van der Waals surface area contributed by atoms with Crippen LogP contribution in [0.5, 0.6) is 5.75 Å². The molecule has 1 heterocycles. The molecule has 1 aliphatic carbocycles. The normalized spacial score (nSPS) is 24.1. The molecule has 1 atom stereocenters. The first-order valence-corrected chi connectivity index (χ1v) is 7.59. The Bertz CT molecular complexity index is 489. The fourth-order valence-electron chi connectivity index (χ4n) is 3.47. The molecule has 0 aromatic heterocycles. The maximum atomic E-state index is 11.6. The number of carbonyl (C=O) groups is 1. The van der Waals surface area contributed by atoms with Gasteiger partial charge in [0.2, 0.25) is 0 Å². The van der Waals surface area contributed by atoms with Gasteiger partial charge in [0.15, 0.2) is 5.78 Å². The SMILES string of the molecule is CC(=O)c1ccccc1OCC1CCC2(CCCC2)O1. The predicted molar refractivity (Wildman–Crippen MR) is 77.2 cm³/mol. The summed E-state index contributed by atoms with van der Waals surface area (Å²) in [7, 11) is 0. The first-order valence-electron chi connectivity index (χ1n) is 7.59. The molecule has 1 saturated carbocycles. The zero-order valence-electron chi connectivity index (χ0n) is 12.1. The number of hydrogen-bond donors (Lipinski definition) is 0. The lowest BCUT2D eigenvalue weighted by atomic mass is 9.98. The number of benzene rings is 1. The van der Waals surface area contributed by atoms with Crippen molar-refractivity contribution in [2.24, 2.45) is 0 Å². The number of para-hydroxylation sites is 1. The Morgan fingerprint density at radius 3 is 2.80 bits per heavy atom. The molecule has 20 heavy (non-hydrogen) atoms. The standard InChI is InChI=1S/C17H22O3/c1-13(18)15-6-2-3-7-16(15)19-12-14-8-11-17(20-14)9-4-5-10-17/h2-3,6-7,14H,4-5,8-12H2,1H3. The fraction of sp³-hybridized carbons (Fsp3) is 0.588. The molecule has 108 valence electrons. The number of hydrogen-bond acceptors (Lipinski definition) is 3. The Kier molecular flexibility index (Phi) is 3.79. The van der Waals surface area contributed by atoms with Crippen LogP contribution in [0.3, 0.4) is 0 Å². The molecule has 2 fully saturated rings. The second-order valence-corrected chi connectivity index (χ2v) is 6.03. The summed E-state index contributed by atoms with van der Waals surface area (Å²) < 4.78 is 12.1. The van der Waals surface area contributed by atoms with E-state index in [-0.39, 0.29) is 17.5 Å². The van der Waals surface area contributed by atoms with Gasteiger partial charge in [-0.25, -0.2) is 0 Å². The monoisotopic (exact) mass is 274 g/mol. The van der Waals surface area contributed by atoms with Gasteiger partial charge >= 0.3 is 0 Å². The maximum Gasteiger partial charge on any atom is 0.163 e. The maximum absolute atomic E-state index is 11.6. The molecule has 3 rings (SSSR count). The topological polar surface area (TPSA) is 35.5 Å². The van der Waals surface area contributed by atoms with E-state index in [2.05, 4.69) is 0 Å². The summed E-state index contributed by atoms with van der Waals surface area (Å²) in [4.78, 5) is 11.6. The van der Waals surface area contributed by atoms with Crippen LogP contribution in [0.15, 0.2) is 24.3 Å². The molecular formula is C17H22O3. The van der Waals surface area contributed by atoms with Crippen molar-refractivity contribution >= 4 is 5.78 Å². The van der Waals surface area contributed by atoms with E-state index in [1.165, 1.54) is 25.7 Å². The summed E-state index contributed by atoms with van der Waals surface area (Å²) in [6, 6.07) is 7.43. The average molecular weight is 274 g/mol. The van der Waals surface area contributed by atoms with Crippen molar-refractivity contribution in [1.82, 2.24) is 0 Å². The Labute approximate surface area is 120 Å². The van der Waals surface area contributed by atoms with Crippen LogP contribution in [0, 0.1) is 0 Å². The smallest absolute Gasteiger partial charge is 0.163 e. The molecule has 1 saturated heterocycles. The van der Waals surface area contributed by atoms with Gasteiger partial charge in [-0.3, -0.25) is 4.79 Å². The van der Waals surface area contributed by atoms with E-state index in [4.69, 9.17) is 9.47 Å². The Hall–Kier alpha value is -1.35. The van der Waals surface area contributed by atoms with E-state index in [0.29, 0.717) is 17.9 Å². The first kappa shape index (κ1) is 13.6. The summed E-state index contributed by atoms with van der Waals surface area (Å²) in [6.45, 7) is 2.12. The van der Waals surface area contributed by atoms with Gasteiger partial charge in [-0.2, -0.15) is 0 Å². The Morgan fingerprint density at radius 2 is 2.05 bits per heavy atom. The fourth-order valence-corrected chi connectivity index (χ4v) is 3.47. The zero-order chi connectivity index (χ0) is 14.0. The van der Waals surface area contributed by atoms with Crippen molar-refractivity contribution in [2.45, 2.75) is 57.2 Å². The minimum Gasteiger partial charge on any atom is -0.490 e. The molecule has 1 spiro atoms. The summed E-state index contributed by atoms with van der Waals surface area (Å²) in [5.41, 5.74) is 0.801. The zero-order valence-corrected chi connectivity index (χ0v) is 12.1. The molecule has 0 bridgehead atoms. The lowest BCUT2D eigenvalue weighted by Crippen LogP contribution is -2.27. The third-order valence-corrected chi connectivity index (χ3v) is 4.54. The van der Waals surface area contributed by atoms with Gasteiger partial charge in [-0.15, -0.1) is 0 Å². The van der Waals surface area contributed by atoms with Crippen molar-refractivity contribution in [1.29, 1.82) is 0 Å². The molecule has 1 unspecified atom stereocenters. The van der Waals surface area contributed by atoms with Crippen LogP contribution in [-0.4, -0.2) is 24.1 Å². The van der Waals surface area contributed by atoms with E-state index in [1.54, 1.807) is 6.92 Å². The van der Waals surface area contributed by atoms with Crippen LogP contribution in [0.4, 0.5) is 0 Å². The highest BCUT2D eigenvalue weighted by molar-refractivity contribution is 5.96. The minimum absolute atomic E-state index is 0.0419. The molecule has 1 aromatic carbocycles. The summed E-state index contributed by atoms with van der Waals surface area (Å²) in [5.74, 6) is 0.719. The Balaban J connectivity index is 1.59. The summed E-state index contributed by atoms with van der Waals surface area (Å²) in [5, 5.41) is 0. The molecule has 2 aliphatic rings. The molecule has 1 aliphatic heterocycles. The summed E-state index contributed by atoms with van der Waals surface area (Å²) >= 11 is 0. The molecule has 0 N–H and O–H groups in total. The van der Waals surface area contributed by atoms with Crippen LogP contribution >= 0.6 is 0 Å². The molecular weight excluding hydrogens is 252 g/mol. The Morgan fingerprint density at radius 1 is 1.30 bits per heavy atom. The van der Waals surface area contributed by atoms with E-state index >= 15 is 0 Å². The lowest BCUT2D eigenvalue weighted by molar-refractivity contribution is -0.0509. The molecule has 0 radical (unpaired) electrons.